The van der Waals surface area contributed by atoms with Crippen LogP contribution in [0.1, 0.15) is 29.8 Å². The zero-order chi connectivity index (χ0) is 21.5. The van der Waals surface area contributed by atoms with Gasteiger partial charge in [-0.3, -0.25) is 13.9 Å². The van der Waals surface area contributed by atoms with Crippen LogP contribution in [0.2, 0.25) is 0 Å². The first kappa shape index (κ1) is 19.3. The number of fused-ring (bicyclic) bond motifs is 1. The average Bonchev–Trinajstić information content (AvgIpc) is 3.47. The number of aromatic nitrogens is 4. The quantitative estimate of drug-likeness (QED) is 0.470. The van der Waals surface area contributed by atoms with Gasteiger partial charge in [-0.2, -0.15) is 0 Å². The summed E-state index contributed by atoms with van der Waals surface area (Å²) in [6.07, 6.45) is 2.53. The van der Waals surface area contributed by atoms with Crippen molar-refractivity contribution < 1.29 is 4.39 Å². The van der Waals surface area contributed by atoms with E-state index in [9.17, 15) is 14.0 Å². The summed E-state index contributed by atoms with van der Waals surface area (Å²) in [4.78, 5) is 34.1. The van der Waals surface area contributed by atoms with Gasteiger partial charge in [0.15, 0.2) is 5.65 Å². The summed E-state index contributed by atoms with van der Waals surface area (Å²) in [5.74, 6) is 0.522. The number of nitrogens with zero attached hydrogens (tertiary/aromatic N) is 3. The van der Waals surface area contributed by atoms with Crippen LogP contribution in [-0.2, 0) is 19.5 Å². The van der Waals surface area contributed by atoms with Crippen LogP contribution in [-0.4, -0.2) is 19.1 Å². The van der Waals surface area contributed by atoms with E-state index in [-0.39, 0.29) is 12.1 Å². The predicted molar refractivity (Wildman–Crippen MR) is 117 cm³/mol. The van der Waals surface area contributed by atoms with Gasteiger partial charge in [-0.05, 0) is 42.5 Å². The van der Waals surface area contributed by atoms with Gasteiger partial charge < -0.3 is 10.7 Å². The molecule has 1 aliphatic rings. The fourth-order valence-corrected chi connectivity index (χ4v) is 3.85. The molecule has 0 radical (unpaired) electrons. The maximum absolute atomic E-state index is 14.2. The highest BCUT2D eigenvalue weighted by Gasteiger charge is 2.26. The fourth-order valence-electron chi connectivity index (χ4n) is 3.85. The minimum absolute atomic E-state index is 0.130. The molecule has 0 amide bonds. The molecule has 2 aromatic carbocycles. The van der Waals surface area contributed by atoms with E-state index in [1.54, 1.807) is 28.8 Å². The van der Waals surface area contributed by atoms with Crippen molar-refractivity contribution in [1.82, 2.24) is 19.1 Å². The van der Waals surface area contributed by atoms with Crippen LogP contribution < -0.4 is 17.0 Å². The van der Waals surface area contributed by atoms with E-state index in [4.69, 9.17) is 5.73 Å². The number of benzene rings is 2. The van der Waals surface area contributed by atoms with Crippen LogP contribution in [0.4, 0.5) is 10.1 Å². The van der Waals surface area contributed by atoms with Crippen molar-refractivity contribution in [2.45, 2.75) is 32.4 Å². The molecule has 0 aliphatic heterocycles. The van der Waals surface area contributed by atoms with Crippen molar-refractivity contribution >= 4 is 16.9 Å². The van der Waals surface area contributed by atoms with Gasteiger partial charge in [0, 0.05) is 24.2 Å². The van der Waals surface area contributed by atoms with Crippen molar-refractivity contribution in [3.8, 4) is 0 Å². The Hall–Kier alpha value is -3.68. The smallest absolute Gasteiger partial charge is 0.333 e. The number of imidazole rings is 1. The Morgan fingerprint density at radius 1 is 1.10 bits per heavy atom. The van der Waals surface area contributed by atoms with Crippen LogP contribution in [0.5, 0.6) is 0 Å². The van der Waals surface area contributed by atoms with Gasteiger partial charge in [-0.15, -0.1) is 0 Å². The third-order valence-electron chi connectivity index (χ3n) is 5.66. The molecule has 0 saturated heterocycles. The van der Waals surface area contributed by atoms with E-state index in [0.29, 0.717) is 41.6 Å². The number of aromatic amines is 1. The number of rotatable bonds is 6. The summed E-state index contributed by atoms with van der Waals surface area (Å²) in [7, 11) is 0. The van der Waals surface area contributed by atoms with Crippen LogP contribution in [0.25, 0.3) is 11.2 Å². The molecule has 4 aromatic rings. The van der Waals surface area contributed by atoms with Crippen LogP contribution in [0, 0.1) is 11.7 Å². The molecular weight excluding hydrogens is 397 g/mol. The molecule has 158 valence electrons. The molecular formula is C23H22FN5O2. The first-order valence-corrected chi connectivity index (χ1v) is 10.3. The van der Waals surface area contributed by atoms with E-state index in [2.05, 4.69) is 9.97 Å². The van der Waals surface area contributed by atoms with Crippen molar-refractivity contribution in [1.29, 1.82) is 0 Å². The van der Waals surface area contributed by atoms with Gasteiger partial charge in [0.2, 0.25) is 0 Å². The number of nitrogens with one attached hydrogen (secondary N) is 1. The molecule has 7 nitrogen and oxygen atoms in total. The van der Waals surface area contributed by atoms with Crippen LogP contribution >= 0.6 is 0 Å². The molecule has 1 saturated carbocycles. The van der Waals surface area contributed by atoms with E-state index in [0.717, 1.165) is 23.0 Å². The molecule has 2 aromatic heterocycles. The van der Waals surface area contributed by atoms with Gasteiger partial charge in [-0.25, -0.2) is 14.2 Å². The molecule has 0 unspecified atom stereocenters. The lowest BCUT2D eigenvalue weighted by atomic mass is 10.1. The maximum Gasteiger partial charge on any atom is 0.333 e. The lowest BCUT2D eigenvalue weighted by molar-refractivity contribution is 0.548. The molecule has 2 heterocycles. The Balaban J connectivity index is 1.63. The second-order valence-electron chi connectivity index (χ2n) is 8.12. The highest BCUT2D eigenvalue weighted by Crippen LogP contribution is 2.30. The Morgan fingerprint density at radius 2 is 1.90 bits per heavy atom. The molecule has 3 N–H and O–H groups in total. The highest BCUT2D eigenvalue weighted by atomic mass is 19.1. The number of nitrogens with two attached hydrogens (primary N) is 1. The van der Waals surface area contributed by atoms with E-state index >= 15 is 0 Å². The summed E-state index contributed by atoms with van der Waals surface area (Å²) >= 11 is 0. The van der Waals surface area contributed by atoms with E-state index in [1.165, 1.54) is 6.07 Å². The molecule has 0 bridgehead atoms. The van der Waals surface area contributed by atoms with Crippen molar-refractivity contribution in [2.24, 2.45) is 5.92 Å². The zero-order valence-electron chi connectivity index (χ0n) is 16.8. The van der Waals surface area contributed by atoms with Crippen LogP contribution in [0.15, 0.2) is 58.1 Å². The number of anilines is 1. The molecule has 8 heteroatoms. The van der Waals surface area contributed by atoms with E-state index in [1.807, 2.05) is 18.2 Å². The van der Waals surface area contributed by atoms with Crippen molar-refractivity contribution in [3.63, 3.8) is 0 Å². The summed E-state index contributed by atoms with van der Waals surface area (Å²) in [6, 6.07) is 13.6. The van der Waals surface area contributed by atoms with Crippen molar-refractivity contribution in [2.75, 3.05) is 5.73 Å². The zero-order valence-corrected chi connectivity index (χ0v) is 16.8. The standard InChI is InChI=1S/C23H22FN5O2/c24-18-7-2-1-5-16(18)13-29-22(30)20-21(28(23(29)31)12-14-8-9-14)27-19(26-20)11-15-4-3-6-17(25)10-15/h1-7,10,14H,8-9,11-13,25H2,(H,26,27). The first-order valence-electron chi connectivity index (χ1n) is 10.3. The average molecular weight is 419 g/mol. The number of halogens is 1. The fraction of sp³-hybridized carbons (Fsp3) is 0.261. The Morgan fingerprint density at radius 3 is 2.65 bits per heavy atom. The summed E-state index contributed by atoms with van der Waals surface area (Å²) in [5.41, 5.74) is 7.39. The Kier molecular flexibility index (Phi) is 4.69. The summed E-state index contributed by atoms with van der Waals surface area (Å²) in [5, 5.41) is 0. The second kappa shape index (κ2) is 7.54. The molecule has 0 atom stereocenters. The van der Waals surface area contributed by atoms with E-state index < -0.39 is 17.1 Å². The molecule has 31 heavy (non-hydrogen) atoms. The predicted octanol–water partition coefficient (Wildman–Crippen LogP) is 2.66. The third-order valence-corrected chi connectivity index (χ3v) is 5.66. The summed E-state index contributed by atoms with van der Waals surface area (Å²) in [6.45, 7) is 0.365. The van der Waals surface area contributed by atoms with Crippen LogP contribution in [0.3, 0.4) is 0 Å². The van der Waals surface area contributed by atoms with Gasteiger partial charge >= 0.3 is 5.69 Å². The number of H-pyrrole nitrogens is 1. The normalized spacial score (nSPS) is 13.7. The van der Waals surface area contributed by atoms with Gasteiger partial charge in [0.05, 0.1) is 6.54 Å². The highest BCUT2D eigenvalue weighted by molar-refractivity contribution is 5.70. The lowest BCUT2D eigenvalue weighted by Gasteiger charge is -2.11. The monoisotopic (exact) mass is 419 g/mol. The number of hydrogen-bond donors (Lipinski definition) is 2. The lowest BCUT2D eigenvalue weighted by Crippen LogP contribution is -2.40. The SMILES string of the molecule is Nc1cccc(Cc2nc3c([nH]2)c(=O)n(Cc2ccccc2F)c(=O)n3CC2CC2)c1. The van der Waals surface area contributed by atoms with Gasteiger partial charge in [0.1, 0.15) is 17.2 Å². The number of nitrogen functional groups attached to an aromatic ring is 1. The van der Waals surface area contributed by atoms with Gasteiger partial charge in [0.25, 0.3) is 5.56 Å². The minimum atomic E-state index is -0.498. The number of hydrogen-bond acceptors (Lipinski definition) is 4. The Bertz CT molecular complexity index is 1400. The topological polar surface area (TPSA) is 98.7 Å². The first-order chi connectivity index (χ1) is 15.0. The third kappa shape index (κ3) is 3.76. The largest absolute Gasteiger partial charge is 0.399 e. The molecule has 5 rings (SSSR count). The molecule has 1 fully saturated rings. The van der Waals surface area contributed by atoms with Gasteiger partial charge in [-0.1, -0.05) is 30.3 Å². The Labute approximate surface area is 177 Å². The summed E-state index contributed by atoms with van der Waals surface area (Å²) < 4.78 is 16.8. The second-order valence-corrected chi connectivity index (χ2v) is 8.12. The minimum Gasteiger partial charge on any atom is -0.399 e. The van der Waals surface area contributed by atoms with Crippen molar-refractivity contribution in [3.05, 3.63) is 92.1 Å². The maximum atomic E-state index is 14.2. The molecule has 0 spiro atoms. The molecule has 1 aliphatic carbocycles.